The lowest BCUT2D eigenvalue weighted by Gasteiger charge is -2.39. The molecule has 2 aliphatic rings. The number of nitrogens with one attached hydrogen (secondary N) is 4. The lowest BCUT2D eigenvalue weighted by molar-refractivity contribution is -0.130. The van der Waals surface area contributed by atoms with Crippen LogP contribution in [0.2, 0.25) is 0 Å². The van der Waals surface area contributed by atoms with Crippen LogP contribution in [0.4, 0.5) is 16.2 Å². The van der Waals surface area contributed by atoms with Crippen molar-refractivity contribution < 1.29 is 46.7 Å². The van der Waals surface area contributed by atoms with Gasteiger partial charge in [0.2, 0.25) is 10.0 Å². The van der Waals surface area contributed by atoms with E-state index in [1.54, 1.807) is 103 Å². The Morgan fingerprint density at radius 3 is 1.78 bits per heavy atom. The molecule has 5 amide bonds. The van der Waals surface area contributed by atoms with Crippen molar-refractivity contribution in [2.45, 2.75) is 39.8 Å². The van der Waals surface area contributed by atoms with Crippen molar-refractivity contribution in [3.05, 3.63) is 120 Å². The number of para-hydroxylation sites is 1. The van der Waals surface area contributed by atoms with Crippen molar-refractivity contribution in [2.75, 3.05) is 62.2 Å². The van der Waals surface area contributed by atoms with Crippen molar-refractivity contribution in [3.8, 4) is 11.1 Å². The average molecular weight is 957 g/mol. The SMILES string of the molecule is CC(C)COC(=O)Nc1cccc2c(C(=O)C(=O)N3CCN(C(=O)c4cccc(-c5cc(NS(C)(=O)=O)c6[nH]cc(C(=O)C(=O)N7CCN(C(=O)c8ccccc8)CC7C)c6c5)c4)CC3C)c[nH]c12. The van der Waals surface area contributed by atoms with Gasteiger partial charge in [-0.15, -0.1) is 0 Å². The molecule has 0 spiro atoms. The van der Waals surface area contributed by atoms with Gasteiger partial charge in [0.05, 0.1) is 46.4 Å². The average Bonchev–Trinajstić information content (AvgIpc) is 3.98. The molecule has 2 aliphatic heterocycles. The number of ketones is 2. The van der Waals surface area contributed by atoms with Gasteiger partial charge in [-0.25, -0.2) is 13.2 Å². The summed E-state index contributed by atoms with van der Waals surface area (Å²) >= 11 is 0. The molecule has 2 unspecified atom stereocenters. The third kappa shape index (κ3) is 10.1. The van der Waals surface area contributed by atoms with E-state index in [-0.39, 0.29) is 91.3 Å². The zero-order chi connectivity index (χ0) is 49.3. The van der Waals surface area contributed by atoms with Crippen molar-refractivity contribution in [3.63, 3.8) is 0 Å². The predicted molar refractivity (Wildman–Crippen MR) is 260 cm³/mol. The summed E-state index contributed by atoms with van der Waals surface area (Å²) in [4.78, 5) is 107. The van der Waals surface area contributed by atoms with Crippen molar-refractivity contribution >= 4 is 84.5 Å². The minimum absolute atomic E-state index is 0.0149. The van der Waals surface area contributed by atoms with Crippen molar-refractivity contribution in [1.29, 1.82) is 0 Å². The summed E-state index contributed by atoms with van der Waals surface area (Å²) in [5.41, 5.74) is 3.14. The van der Waals surface area contributed by atoms with Gasteiger partial charge in [0.25, 0.3) is 35.2 Å². The van der Waals surface area contributed by atoms with Gasteiger partial charge >= 0.3 is 6.09 Å². The molecule has 358 valence electrons. The highest BCUT2D eigenvalue weighted by molar-refractivity contribution is 7.92. The molecule has 2 saturated heterocycles. The van der Waals surface area contributed by atoms with Crippen LogP contribution >= 0.6 is 0 Å². The molecule has 0 radical (unpaired) electrons. The second-order valence-electron chi connectivity index (χ2n) is 17.9. The maximum Gasteiger partial charge on any atom is 0.411 e. The van der Waals surface area contributed by atoms with Crippen LogP contribution in [0, 0.1) is 5.92 Å². The van der Waals surface area contributed by atoms with E-state index >= 15 is 0 Å². The van der Waals surface area contributed by atoms with Gasteiger partial charge in [-0.3, -0.25) is 38.8 Å². The number of hydrogen-bond acceptors (Lipinski definition) is 10. The fraction of sp³-hybridized carbons (Fsp3) is 0.300. The van der Waals surface area contributed by atoms with E-state index in [2.05, 4.69) is 20.0 Å². The monoisotopic (exact) mass is 956 g/mol. The molecular formula is C50H52N8O10S. The predicted octanol–water partition coefficient (Wildman–Crippen LogP) is 6.00. The number of rotatable bonds is 12. The van der Waals surface area contributed by atoms with E-state index in [9.17, 15) is 42.0 Å². The van der Waals surface area contributed by atoms with Gasteiger partial charge < -0.3 is 34.3 Å². The largest absolute Gasteiger partial charge is 0.449 e. The van der Waals surface area contributed by atoms with Gasteiger partial charge in [-0.1, -0.05) is 56.3 Å². The van der Waals surface area contributed by atoms with E-state index in [1.807, 2.05) is 19.9 Å². The summed E-state index contributed by atoms with van der Waals surface area (Å²) in [7, 11) is -3.83. The summed E-state index contributed by atoms with van der Waals surface area (Å²) in [5, 5.41) is 3.40. The van der Waals surface area contributed by atoms with E-state index < -0.39 is 51.6 Å². The smallest absolute Gasteiger partial charge is 0.411 e. The molecule has 69 heavy (non-hydrogen) atoms. The molecule has 4 aromatic carbocycles. The third-order valence-corrected chi connectivity index (χ3v) is 12.9. The first kappa shape index (κ1) is 47.7. The highest BCUT2D eigenvalue weighted by Gasteiger charge is 2.36. The fourth-order valence-electron chi connectivity index (χ4n) is 8.86. The van der Waals surface area contributed by atoms with E-state index in [0.717, 1.165) is 6.26 Å². The number of H-pyrrole nitrogens is 2. The van der Waals surface area contributed by atoms with Crippen LogP contribution in [0.25, 0.3) is 32.9 Å². The van der Waals surface area contributed by atoms with Crippen LogP contribution in [0.15, 0.2) is 97.3 Å². The molecule has 8 rings (SSSR count). The Hall–Kier alpha value is -7.80. The third-order valence-electron chi connectivity index (χ3n) is 12.3. The first-order chi connectivity index (χ1) is 32.9. The van der Waals surface area contributed by atoms with Gasteiger partial charge in [0.1, 0.15) is 0 Å². The molecule has 2 atom stereocenters. The molecular weight excluding hydrogens is 905 g/mol. The van der Waals surface area contributed by atoms with Crippen LogP contribution in [0.5, 0.6) is 0 Å². The van der Waals surface area contributed by atoms with Gasteiger partial charge in [-0.2, -0.15) is 0 Å². The minimum atomic E-state index is -3.83. The number of sulfonamides is 1. The first-order valence-electron chi connectivity index (χ1n) is 22.5. The quantitative estimate of drug-likeness (QED) is 0.0825. The zero-order valence-corrected chi connectivity index (χ0v) is 39.5. The van der Waals surface area contributed by atoms with Gasteiger partial charge in [0, 0.05) is 85.6 Å². The van der Waals surface area contributed by atoms with Crippen LogP contribution in [-0.4, -0.2) is 143 Å². The fourth-order valence-corrected chi connectivity index (χ4v) is 9.42. The zero-order valence-electron chi connectivity index (χ0n) is 38.7. The van der Waals surface area contributed by atoms with Crippen LogP contribution in [0.1, 0.15) is 69.1 Å². The Labute approximate surface area is 398 Å². The normalized spacial score (nSPS) is 16.4. The molecule has 2 fully saturated rings. The molecule has 6 aromatic rings. The summed E-state index contributed by atoms with van der Waals surface area (Å²) in [6, 6.07) is 22.7. The molecule has 2 aromatic heterocycles. The highest BCUT2D eigenvalue weighted by Crippen LogP contribution is 2.35. The maximum absolute atomic E-state index is 14.1. The van der Waals surface area contributed by atoms with E-state index in [0.29, 0.717) is 38.8 Å². The topological polar surface area (TPSA) is 231 Å². The summed E-state index contributed by atoms with van der Waals surface area (Å²) in [5.74, 6) is -3.45. The highest BCUT2D eigenvalue weighted by atomic mass is 32.2. The van der Waals surface area contributed by atoms with Gasteiger partial charge in [0.15, 0.2) is 0 Å². The number of aromatic amines is 2. The first-order valence-corrected chi connectivity index (χ1v) is 24.4. The number of benzene rings is 4. The lowest BCUT2D eigenvalue weighted by atomic mass is 9.98. The second-order valence-corrected chi connectivity index (χ2v) is 19.6. The number of ether oxygens (including phenoxy) is 1. The number of carbonyl (C=O) groups excluding carboxylic acids is 7. The Bertz CT molecular complexity index is 3150. The number of carbonyl (C=O) groups is 7. The van der Waals surface area contributed by atoms with E-state index in [1.165, 1.54) is 22.2 Å². The minimum Gasteiger partial charge on any atom is -0.449 e. The van der Waals surface area contributed by atoms with Crippen LogP contribution in [-0.2, 0) is 24.3 Å². The van der Waals surface area contributed by atoms with E-state index in [4.69, 9.17) is 4.74 Å². The Balaban J connectivity index is 0.973. The molecule has 4 N–H and O–H groups in total. The summed E-state index contributed by atoms with van der Waals surface area (Å²) in [6.07, 6.45) is 3.14. The summed E-state index contributed by atoms with van der Waals surface area (Å²) in [6.45, 7) is 8.48. The van der Waals surface area contributed by atoms with Gasteiger partial charge in [-0.05, 0) is 73.4 Å². The number of amides is 5. The van der Waals surface area contributed by atoms with Crippen molar-refractivity contribution in [2.24, 2.45) is 5.92 Å². The molecule has 0 bridgehead atoms. The number of hydrogen-bond donors (Lipinski definition) is 4. The second kappa shape index (κ2) is 19.4. The van der Waals surface area contributed by atoms with Crippen molar-refractivity contribution in [1.82, 2.24) is 29.6 Å². The number of fused-ring (bicyclic) bond motifs is 2. The molecule has 0 saturated carbocycles. The summed E-state index contributed by atoms with van der Waals surface area (Å²) < 4.78 is 32.9. The molecule has 4 heterocycles. The number of aromatic nitrogens is 2. The Morgan fingerprint density at radius 1 is 0.652 bits per heavy atom. The Kier molecular flexibility index (Phi) is 13.4. The molecule has 18 nitrogen and oxygen atoms in total. The van der Waals surface area contributed by atoms with Crippen LogP contribution in [0.3, 0.4) is 0 Å². The standard InChI is InChI=1S/C50H52N8O10S/c1-29(2)28-68-50(65)53-40-16-10-15-36-38(24-51-42(36)40)44(59)48(63)57-20-18-56(27-31(57)4)47(62)34-14-9-13-33(21-34)35-22-37-39(25-52-43(37)41(23-35)54-69(5,66)67)45(60)49(64)58-19-17-55(26-30(58)3)46(61)32-11-7-6-8-12-32/h6-16,21-25,29-31,51-52,54H,17-20,26-28H2,1-5H3,(H,53,65). The number of piperazine rings is 2. The number of anilines is 2. The molecule has 19 heteroatoms. The van der Waals surface area contributed by atoms with Crippen LogP contribution < -0.4 is 10.0 Å². The maximum atomic E-state index is 14.1. The lowest BCUT2D eigenvalue weighted by Crippen LogP contribution is -2.56. The number of Topliss-reactive ketones (excluding diaryl/α,β-unsaturated/α-hetero) is 2. The Morgan fingerprint density at radius 2 is 1.20 bits per heavy atom. The number of nitrogens with zero attached hydrogens (tertiary/aromatic N) is 4. The molecule has 0 aliphatic carbocycles.